The molecular weight excluding hydrogens is 262 g/mol. The molecule has 1 aromatic carbocycles. The van der Waals surface area contributed by atoms with E-state index in [4.69, 9.17) is 9.47 Å². The molecule has 0 bridgehead atoms. The van der Waals surface area contributed by atoms with E-state index in [1.54, 1.807) is 14.2 Å². The summed E-state index contributed by atoms with van der Waals surface area (Å²) >= 11 is 0. The predicted molar refractivity (Wildman–Crippen MR) is 87.1 cm³/mol. The zero-order valence-corrected chi connectivity index (χ0v) is 13.4. The fourth-order valence-corrected chi connectivity index (χ4v) is 3.16. The van der Waals surface area contributed by atoms with E-state index < -0.39 is 0 Å². The molecule has 0 saturated heterocycles. The maximum Gasteiger partial charge on any atom is 0.165 e. The van der Waals surface area contributed by atoms with Gasteiger partial charge in [0.05, 0.1) is 20.3 Å². The van der Waals surface area contributed by atoms with Crippen LogP contribution in [0.3, 0.4) is 0 Å². The highest BCUT2D eigenvalue weighted by molar-refractivity contribution is 5.50. The Hall–Kier alpha value is -1.48. The number of rotatable bonds is 5. The number of allylic oxidation sites excluding steroid dienone is 1. The van der Waals surface area contributed by atoms with Gasteiger partial charge in [-0.15, -0.1) is 0 Å². The molecule has 0 fully saturated rings. The number of methoxy groups -OCH3 is 2. The summed E-state index contributed by atoms with van der Waals surface area (Å²) in [6.45, 7) is 0. The van der Waals surface area contributed by atoms with Crippen molar-refractivity contribution < 1.29 is 9.47 Å². The molecule has 116 valence electrons. The van der Waals surface area contributed by atoms with Crippen LogP contribution in [0.2, 0.25) is 0 Å². The summed E-state index contributed by atoms with van der Waals surface area (Å²) in [5.41, 5.74) is 2.63. The monoisotopic (exact) mass is 289 g/mol. The summed E-state index contributed by atoms with van der Waals surface area (Å²) in [6, 6.07) is 6.31. The van der Waals surface area contributed by atoms with E-state index in [0.29, 0.717) is 0 Å². The van der Waals surface area contributed by atoms with Crippen LogP contribution in [-0.4, -0.2) is 21.3 Å². The lowest BCUT2D eigenvalue weighted by molar-refractivity contribution is 0.349. The number of likely N-dealkylation sites (N-methyl/N-ethyl adjacent to an activating group) is 1. The fourth-order valence-electron chi connectivity index (χ4n) is 3.16. The number of hydrogen-bond acceptors (Lipinski definition) is 3. The van der Waals surface area contributed by atoms with Crippen molar-refractivity contribution in [1.29, 1.82) is 0 Å². The third-order valence-corrected chi connectivity index (χ3v) is 4.23. The van der Waals surface area contributed by atoms with Crippen LogP contribution in [0.25, 0.3) is 0 Å². The highest BCUT2D eigenvalue weighted by atomic mass is 16.5. The molecule has 3 heteroatoms. The van der Waals surface area contributed by atoms with Gasteiger partial charge in [-0.05, 0) is 38.8 Å². The lowest BCUT2D eigenvalue weighted by atomic mass is 9.90. The van der Waals surface area contributed by atoms with Gasteiger partial charge < -0.3 is 14.8 Å². The molecule has 1 aliphatic rings. The van der Waals surface area contributed by atoms with Gasteiger partial charge in [0, 0.05) is 5.56 Å². The van der Waals surface area contributed by atoms with E-state index in [2.05, 4.69) is 17.5 Å². The van der Waals surface area contributed by atoms with Gasteiger partial charge in [-0.2, -0.15) is 0 Å². The van der Waals surface area contributed by atoms with Gasteiger partial charge in [0.2, 0.25) is 0 Å². The second kappa shape index (κ2) is 8.08. The van der Waals surface area contributed by atoms with Crippen molar-refractivity contribution in [2.45, 2.75) is 44.6 Å². The summed E-state index contributed by atoms with van der Waals surface area (Å²) in [6.07, 6.45) is 10.0. The molecule has 0 amide bonds. The smallest absolute Gasteiger partial charge is 0.165 e. The minimum atomic E-state index is 0.202. The van der Waals surface area contributed by atoms with Crippen molar-refractivity contribution in [1.82, 2.24) is 5.32 Å². The maximum atomic E-state index is 5.60. The minimum Gasteiger partial charge on any atom is -0.493 e. The Morgan fingerprint density at radius 2 is 1.86 bits per heavy atom. The van der Waals surface area contributed by atoms with Gasteiger partial charge in [0.1, 0.15) is 0 Å². The van der Waals surface area contributed by atoms with Gasteiger partial charge in [-0.25, -0.2) is 0 Å². The standard InChI is InChI=1S/C18H27NO2/c1-19-17(14-10-7-5-4-6-8-11-14)15-12-9-13-16(20-2)18(15)21-3/h9-10,12-13,17,19H,4-8,11H2,1-3H3/b14-10+. The molecule has 1 unspecified atom stereocenters. The van der Waals surface area contributed by atoms with Crippen LogP contribution < -0.4 is 14.8 Å². The highest BCUT2D eigenvalue weighted by Gasteiger charge is 2.21. The van der Waals surface area contributed by atoms with Crippen molar-refractivity contribution in [3.63, 3.8) is 0 Å². The molecule has 0 saturated carbocycles. The number of para-hydroxylation sites is 1. The molecule has 0 aliphatic heterocycles. The van der Waals surface area contributed by atoms with Gasteiger partial charge in [-0.3, -0.25) is 0 Å². The Morgan fingerprint density at radius 1 is 1.05 bits per heavy atom. The molecule has 0 aromatic heterocycles. The third kappa shape index (κ3) is 3.79. The van der Waals surface area contributed by atoms with Crippen molar-refractivity contribution >= 4 is 0 Å². The van der Waals surface area contributed by atoms with Crippen molar-refractivity contribution in [3.8, 4) is 11.5 Å². The average Bonchev–Trinajstić information content (AvgIpc) is 2.49. The summed E-state index contributed by atoms with van der Waals surface area (Å²) < 4.78 is 11.0. The first-order valence-corrected chi connectivity index (χ1v) is 7.89. The van der Waals surface area contributed by atoms with E-state index in [-0.39, 0.29) is 6.04 Å². The summed E-state index contributed by atoms with van der Waals surface area (Å²) in [5, 5.41) is 3.46. The van der Waals surface area contributed by atoms with Crippen molar-refractivity contribution in [2.75, 3.05) is 21.3 Å². The second-order valence-electron chi connectivity index (χ2n) is 5.54. The van der Waals surface area contributed by atoms with Gasteiger partial charge >= 0.3 is 0 Å². The molecule has 1 N–H and O–H groups in total. The van der Waals surface area contributed by atoms with E-state index in [1.165, 1.54) is 37.7 Å². The van der Waals surface area contributed by atoms with E-state index in [9.17, 15) is 0 Å². The topological polar surface area (TPSA) is 30.5 Å². The van der Waals surface area contributed by atoms with Crippen LogP contribution in [0.15, 0.2) is 29.8 Å². The lowest BCUT2D eigenvalue weighted by Gasteiger charge is -2.24. The molecule has 2 rings (SSSR count). The normalized spacial score (nSPS) is 19.9. The Balaban J connectivity index is 2.36. The van der Waals surface area contributed by atoms with Crippen LogP contribution in [-0.2, 0) is 0 Å². The first-order valence-electron chi connectivity index (χ1n) is 7.89. The Bertz CT molecular complexity index is 482. The number of ether oxygens (including phenoxy) is 2. The van der Waals surface area contributed by atoms with Gasteiger partial charge in [0.15, 0.2) is 11.5 Å². The Morgan fingerprint density at radius 3 is 2.57 bits per heavy atom. The predicted octanol–water partition coefficient (Wildman–Crippen LogP) is 4.24. The summed E-state index contributed by atoms with van der Waals surface area (Å²) in [5.74, 6) is 1.63. The number of hydrogen-bond donors (Lipinski definition) is 1. The SMILES string of the molecule is CNC(/C1=C/CCCCCC1)c1cccc(OC)c1OC. The molecule has 3 nitrogen and oxygen atoms in total. The molecule has 1 aliphatic carbocycles. The minimum absolute atomic E-state index is 0.202. The van der Waals surface area contributed by atoms with Crippen LogP contribution in [0.1, 0.15) is 50.1 Å². The fraction of sp³-hybridized carbons (Fsp3) is 0.556. The largest absolute Gasteiger partial charge is 0.493 e. The van der Waals surface area contributed by atoms with Crippen molar-refractivity contribution in [3.05, 3.63) is 35.4 Å². The molecular formula is C18H27NO2. The Labute approximate surface area is 128 Å². The maximum absolute atomic E-state index is 5.60. The van der Waals surface area contributed by atoms with E-state index >= 15 is 0 Å². The first-order chi connectivity index (χ1) is 10.3. The number of nitrogens with one attached hydrogen (secondary N) is 1. The summed E-state index contributed by atoms with van der Waals surface area (Å²) in [4.78, 5) is 0. The molecule has 1 atom stereocenters. The van der Waals surface area contributed by atoms with Crippen molar-refractivity contribution in [2.24, 2.45) is 0 Å². The molecule has 0 radical (unpaired) electrons. The molecule has 21 heavy (non-hydrogen) atoms. The van der Waals surface area contributed by atoms with Crippen LogP contribution in [0.5, 0.6) is 11.5 Å². The van der Waals surface area contributed by atoms with Crippen LogP contribution in [0, 0.1) is 0 Å². The third-order valence-electron chi connectivity index (χ3n) is 4.23. The molecule has 0 heterocycles. The van der Waals surface area contributed by atoms with Crippen LogP contribution >= 0.6 is 0 Å². The molecule has 0 spiro atoms. The summed E-state index contributed by atoms with van der Waals surface area (Å²) in [7, 11) is 5.41. The second-order valence-corrected chi connectivity index (χ2v) is 5.54. The zero-order valence-electron chi connectivity index (χ0n) is 13.4. The first kappa shape index (κ1) is 15.9. The van der Waals surface area contributed by atoms with E-state index in [0.717, 1.165) is 23.5 Å². The quantitative estimate of drug-likeness (QED) is 0.822. The Kier molecular flexibility index (Phi) is 6.12. The number of benzene rings is 1. The lowest BCUT2D eigenvalue weighted by Crippen LogP contribution is -2.20. The van der Waals surface area contributed by atoms with Gasteiger partial charge in [0.25, 0.3) is 0 Å². The van der Waals surface area contributed by atoms with Crippen LogP contribution in [0.4, 0.5) is 0 Å². The van der Waals surface area contributed by atoms with Gasteiger partial charge in [-0.1, -0.05) is 36.6 Å². The zero-order chi connectivity index (χ0) is 15.1. The molecule has 1 aromatic rings. The highest BCUT2D eigenvalue weighted by Crippen LogP contribution is 2.38. The van der Waals surface area contributed by atoms with E-state index in [1.807, 2.05) is 19.2 Å². The average molecular weight is 289 g/mol.